The van der Waals surface area contributed by atoms with Crippen molar-refractivity contribution in [3.05, 3.63) is 106 Å². The highest BCUT2D eigenvalue weighted by Crippen LogP contribution is 2.52. The van der Waals surface area contributed by atoms with Crippen molar-refractivity contribution in [2.24, 2.45) is 22.2 Å². The monoisotopic (exact) mass is 1160 g/mol. The standard InChI is InChI=1S/C27H42N2O.C24H35N3O.C22H33FN2O.2H2/c1-26(2,3)15-18-29-19-16-27(17-20-29)14-13-24(22-11-7-8-12-23(22)27)28(4)25(30)21-9-5-6-10-21;1-19(28)26-22-10-12-24(21-9-5-4-8-20(21)22)13-16-27(17-14-24)15-7-6-11-23(2,3)18-25;1-16(26)24-20-7-8-22(19-15-17(23)5-6-18(19)20)10-13-25(14-11-22)12-9-21(2,3)4;;/h7-8,11-12,21,24H,5-6,9-10,13-20H2,1-4H3;4-5,8-9,22H,6-7,10-17H2,1-3H3,(H,26,28);5-6,15,20H,7-14H2,1-4H3,(H,24,26);2*1H/t24-;22-;20-;;/m000../s1. The molecule has 3 spiro atoms. The smallest absolute Gasteiger partial charge is 0.225 e. The van der Waals surface area contributed by atoms with Gasteiger partial charge in [-0.25, -0.2) is 4.39 Å². The second-order valence-electron chi connectivity index (χ2n) is 30.4. The van der Waals surface area contributed by atoms with Crippen LogP contribution in [0.5, 0.6) is 0 Å². The molecular formula is C73H114FN7O3. The number of likely N-dealkylation sites (tertiary alicyclic amines) is 3. The zero-order valence-electron chi connectivity index (χ0n) is 54.2. The van der Waals surface area contributed by atoms with Crippen LogP contribution in [0.4, 0.5) is 4.39 Å². The minimum Gasteiger partial charge on any atom is -0.350 e. The van der Waals surface area contributed by atoms with Gasteiger partial charge in [-0.1, -0.05) is 115 Å². The van der Waals surface area contributed by atoms with Gasteiger partial charge in [0, 0.05) is 29.7 Å². The fourth-order valence-electron chi connectivity index (χ4n) is 15.9. The number of benzene rings is 3. The van der Waals surface area contributed by atoms with Crippen LogP contribution in [0.3, 0.4) is 0 Å². The van der Waals surface area contributed by atoms with Crippen molar-refractivity contribution in [3.8, 4) is 6.07 Å². The summed E-state index contributed by atoms with van der Waals surface area (Å²) in [5.74, 6) is 0.537. The Morgan fingerprint density at radius 2 is 1.00 bits per heavy atom. The highest BCUT2D eigenvalue weighted by molar-refractivity contribution is 5.79. The highest BCUT2D eigenvalue weighted by atomic mass is 19.1. The van der Waals surface area contributed by atoms with Crippen LogP contribution in [0.1, 0.15) is 258 Å². The van der Waals surface area contributed by atoms with E-state index in [9.17, 15) is 18.8 Å². The highest BCUT2D eigenvalue weighted by Gasteiger charge is 2.46. The van der Waals surface area contributed by atoms with E-state index in [2.05, 4.69) is 133 Å². The topological polar surface area (TPSA) is 112 Å². The number of unbranched alkanes of at least 4 members (excludes halogenated alkanes) is 1. The molecule has 11 heteroatoms. The molecule has 0 bridgehead atoms. The van der Waals surface area contributed by atoms with E-state index < -0.39 is 0 Å². The molecule has 3 heterocycles. The number of carbonyl (C=O) groups is 3. The fourth-order valence-corrected chi connectivity index (χ4v) is 15.9. The molecule has 7 aliphatic rings. The Hall–Kier alpha value is -4.63. The summed E-state index contributed by atoms with van der Waals surface area (Å²) in [7, 11) is 2.06. The van der Waals surface area contributed by atoms with E-state index in [0.717, 1.165) is 115 Å². The number of nitrogens with zero attached hydrogens (tertiary/aromatic N) is 5. The van der Waals surface area contributed by atoms with Gasteiger partial charge >= 0.3 is 0 Å². The summed E-state index contributed by atoms with van der Waals surface area (Å²) in [6.45, 7) is 31.6. The molecule has 0 radical (unpaired) electrons. The van der Waals surface area contributed by atoms with Gasteiger partial charge in [-0.2, -0.15) is 5.26 Å². The van der Waals surface area contributed by atoms with Crippen LogP contribution in [-0.2, 0) is 30.6 Å². The number of nitriles is 1. The van der Waals surface area contributed by atoms with Crippen LogP contribution in [0.15, 0.2) is 66.7 Å². The molecule has 3 saturated heterocycles. The summed E-state index contributed by atoms with van der Waals surface area (Å²) in [5.41, 5.74) is 9.29. The lowest BCUT2D eigenvalue weighted by atomic mass is 9.63. The summed E-state index contributed by atoms with van der Waals surface area (Å²) in [5, 5.41) is 15.3. The molecule has 1 saturated carbocycles. The van der Waals surface area contributed by atoms with Crippen molar-refractivity contribution in [2.45, 2.75) is 238 Å². The molecule has 84 heavy (non-hydrogen) atoms. The quantitative estimate of drug-likeness (QED) is 0.164. The van der Waals surface area contributed by atoms with E-state index in [1.807, 2.05) is 19.9 Å². The van der Waals surface area contributed by atoms with Crippen molar-refractivity contribution < 1.29 is 21.6 Å². The van der Waals surface area contributed by atoms with Crippen LogP contribution in [0.2, 0.25) is 0 Å². The van der Waals surface area contributed by atoms with Gasteiger partial charge in [-0.3, -0.25) is 14.4 Å². The van der Waals surface area contributed by atoms with E-state index in [4.69, 9.17) is 5.26 Å². The Labute approximate surface area is 511 Å². The molecule has 4 aliphatic carbocycles. The second-order valence-corrected chi connectivity index (χ2v) is 30.4. The molecule has 0 unspecified atom stereocenters. The van der Waals surface area contributed by atoms with Gasteiger partial charge < -0.3 is 30.2 Å². The first-order valence-corrected chi connectivity index (χ1v) is 33.2. The van der Waals surface area contributed by atoms with Crippen molar-refractivity contribution in [1.82, 2.24) is 30.2 Å². The van der Waals surface area contributed by atoms with E-state index in [-0.39, 0.29) is 60.8 Å². The third kappa shape index (κ3) is 16.7. The predicted octanol–water partition coefficient (Wildman–Crippen LogP) is 15.7. The van der Waals surface area contributed by atoms with Crippen LogP contribution >= 0.6 is 0 Å². The maximum atomic E-state index is 14.1. The number of piperidine rings is 3. The minimum absolute atomic E-state index is 0. The molecule has 3 aromatic rings. The summed E-state index contributed by atoms with van der Waals surface area (Å²) >= 11 is 0. The summed E-state index contributed by atoms with van der Waals surface area (Å²) < 4.78 is 14.1. The number of amides is 3. The average molecular weight is 1160 g/mol. The van der Waals surface area contributed by atoms with Crippen LogP contribution < -0.4 is 10.6 Å². The molecule has 10 nitrogen and oxygen atoms in total. The molecular weight excluding hydrogens is 1040 g/mol. The van der Waals surface area contributed by atoms with Crippen LogP contribution in [-0.4, -0.2) is 103 Å². The SMILES string of the molecule is CC(=O)N[C@H]1CCC2(CCN(CCC(C)(C)C)CC2)c2cc(F)ccc21.CC(=O)N[C@H]1CCC2(CCN(CCCCC(C)(C)C#N)CC2)c2ccccc21.CN(C(=O)C1CCCC1)[C@H]1CCC2(CCN(CCC(C)(C)C)CC2)c2ccccc21.[HH].[HH]. The summed E-state index contributed by atoms with van der Waals surface area (Å²) in [6, 6.07) is 25.8. The summed E-state index contributed by atoms with van der Waals surface area (Å²) in [4.78, 5) is 46.3. The number of hydrogen-bond donors (Lipinski definition) is 2. The van der Waals surface area contributed by atoms with Gasteiger partial charge in [0.1, 0.15) is 5.82 Å². The van der Waals surface area contributed by atoms with E-state index in [1.54, 1.807) is 25.5 Å². The van der Waals surface area contributed by atoms with E-state index >= 15 is 0 Å². The molecule has 3 aromatic carbocycles. The number of nitrogens with one attached hydrogen (secondary N) is 2. The zero-order chi connectivity index (χ0) is 60.5. The van der Waals surface area contributed by atoms with Crippen LogP contribution in [0, 0.1) is 39.3 Å². The Morgan fingerprint density at radius 3 is 1.48 bits per heavy atom. The van der Waals surface area contributed by atoms with Gasteiger partial charge in [-0.05, 0) is 261 Å². The fraction of sp³-hybridized carbons (Fsp3) is 0.699. The molecule has 10 rings (SSSR count). The molecule has 3 atom stereocenters. The first-order valence-electron chi connectivity index (χ1n) is 33.2. The third-order valence-corrected chi connectivity index (χ3v) is 21.4. The lowest BCUT2D eigenvalue weighted by Gasteiger charge is -2.49. The molecule has 3 aliphatic heterocycles. The maximum absolute atomic E-state index is 14.1. The average Bonchev–Trinajstić information content (AvgIpc) is 1.08. The number of halogens is 1. The van der Waals surface area contributed by atoms with E-state index in [0.29, 0.717) is 22.2 Å². The number of hydrogen-bond acceptors (Lipinski definition) is 7. The minimum atomic E-state index is -0.192. The van der Waals surface area contributed by atoms with Crippen molar-refractivity contribution in [1.29, 1.82) is 5.26 Å². The third-order valence-electron chi connectivity index (χ3n) is 21.4. The Bertz CT molecular complexity index is 2720. The number of carbonyl (C=O) groups excluding carboxylic acids is 3. The van der Waals surface area contributed by atoms with Crippen LogP contribution in [0.25, 0.3) is 0 Å². The van der Waals surface area contributed by atoms with Crippen molar-refractivity contribution >= 4 is 17.7 Å². The molecule has 4 fully saturated rings. The maximum Gasteiger partial charge on any atom is 0.225 e. The molecule has 3 amide bonds. The Balaban J connectivity index is 0.000000205. The number of rotatable bonds is 13. The van der Waals surface area contributed by atoms with Gasteiger partial charge in [0.2, 0.25) is 17.7 Å². The van der Waals surface area contributed by atoms with Gasteiger partial charge in [0.05, 0.1) is 29.6 Å². The van der Waals surface area contributed by atoms with Gasteiger partial charge in [0.15, 0.2) is 0 Å². The van der Waals surface area contributed by atoms with Crippen molar-refractivity contribution in [2.75, 3.05) is 66.0 Å². The molecule has 466 valence electrons. The largest absolute Gasteiger partial charge is 0.350 e. The molecule has 0 aromatic heterocycles. The summed E-state index contributed by atoms with van der Waals surface area (Å²) in [6.07, 6.45) is 24.0. The van der Waals surface area contributed by atoms with Gasteiger partial charge in [0.25, 0.3) is 0 Å². The number of fused-ring (bicyclic) bond motifs is 6. The molecule has 2 N–H and O–H groups in total. The first kappa shape index (κ1) is 65.3. The lowest BCUT2D eigenvalue weighted by Crippen LogP contribution is -2.47. The van der Waals surface area contributed by atoms with Gasteiger partial charge in [-0.15, -0.1) is 0 Å². The first-order chi connectivity index (χ1) is 39.8. The lowest BCUT2D eigenvalue weighted by molar-refractivity contribution is -0.136. The second kappa shape index (κ2) is 28.0. The predicted molar refractivity (Wildman–Crippen MR) is 345 cm³/mol. The Morgan fingerprint density at radius 1 is 0.571 bits per heavy atom. The van der Waals surface area contributed by atoms with Crippen molar-refractivity contribution in [3.63, 3.8) is 0 Å². The Kier molecular flexibility index (Phi) is 21.8. The van der Waals surface area contributed by atoms with E-state index in [1.165, 1.54) is 113 Å². The zero-order valence-corrected chi connectivity index (χ0v) is 54.2. The normalized spacial score (nSPS) is 23.2.